The molecule has 0 fully saturated rings. The molecule has 34 heavy (non-hydrogen) atoms. The van der Waals surface area contributed by atoms with Crippen molar-refractivity contribution in [3.05, 3.63) is 52.1 Å². The lowest BCUT2D eigenvalue weighted by molar-refractivity contribution is 0.144. The summed E-state index contributed by atoms with van der Waals surface area (Å²) in [5.41, 5.74) is 9.20. The Bertz CT molecular complexity index is 913. The largest absolute Gasteiger partial charge is 0.511 e. The van der Waals surface area contributed by atoms with Crippen molar-refractivity contribution in [3.63, 3.8) is 0 Å². The molecule has 0 unspecified atom stereocenters. The molecule has 0 aromatic heterocycles. The SMILES string of the molecule is CCCCc1c(OC(=O)O)cc(-c2cccc(CCC)c2CCC)c(CCCC)c1CCCC. The van der Waals surface area contributed by atoms with E-state index in [0.29, 0.717) is 5.75 Å². The lowest BCUT2D eigenvalue weighted by Gasteiger charge is -2.24. The van der Waals surface area contributed by atoms with Gasteiger partial charge in [-0.3, -0.25) is 0 Å². The molecule has 3 heteroatoms. The third-order valence-electron chi connectivity index (χ3n) is 6.75. The molecule has 0 heterocycles. The van der Waals surface area contributed by atoms with Crippen LogP contribution in [0.1, 0.15) is 114 Å². The third kappa shape index (κ3) is 7.35. The van der Waals surface area contributed by atoms with Crippen LogP contribution in [0.3, 0.4) is 0 Å². The zero-order valence-electron chi connectivity index (χ0n) is 22.3. The molecule has 0 aliphatic rings. The van der Waals surface area contributed by atoms with Gasteiger partial charge in [-0.15, -0.1) is 0 Å². The molecule has 0 saturated heterocycles. The van der Waals surface area contributed by atoms with Crippen molar-refractivity contribution < 1.29 is 14.6 Å². The van der Waals surface area contributed by atoms with E-state index in [2.05, 4.69) is 58.9 Å². The summed E-state index contributed by atoms with van der Waals surface area (Å²) >= 11 is 0. The first-order chi connectivity index (χ1) is 16.5. The Kier molecular flexibility index (Phi) is 12.2. The summed E-state index contributed by atoms with van der Waals surface area (Å²) < 4.78 is 5.48. The van der Waals surface area contributed by atoms with E-state index >= 15 is 0 Å². The van der Waals surface area contributed by atoms with Crippen molar-refractivity contribution >= 4 is 6.16 Å². The summed E-state index contributed by atoms with van der Waals surface area (Å²) in [4.78, 5) is 11.7. The topological polar surface area (TPSA) is 46.5 Å². The standard InChI is InChI=1S/C31H46O3/c1-6-11-18-26-27(19-12-7-2)29(22-30(34-31(32)33)28(26)20-13-8-3)25-21-14-17-23(15-9-4)24(25)16-10-5/h14,17,21-22H,6-13,15-16,18-20H2,1-5H3,(H,32,33). The number of unbranched alkanes of at least 4 members (excludes halogenated alkanes) is 3. The molecule has 3 nitrogen and oxygen atoms in total. The lowest BCUT2D eigenvalue weighted by Crippen LogP contribution is -2.11. The molecule has 2 rings (SSSR count). The van der Waals surface area contributed by atoms with E-state index in [1.807, 2.05) is 0 Å². The fourth-order valence-electron chi connectivity index (χ4n) is 5.08. The Labute approximate surface area is 207 Å². The smallest absolute Gasteiger partial charge is 0.449 e. The average molecular weight is 467 g/mol. The molecular weight excluding hydrogens is 420 g/mol. The Morgan fingerprint density at radius 2 is 1.26 bits per heavy atom. The highest BCUT2D eigenvalue weighted by Gasteiger charge is 2.22. The van der Waals surface area contributed by atoms with Crippen LogP contribution >= 0.6 is 0 Å². The van der Waals surface area contributed by atoms with Crippen LogP contribution in [-0.4, -0.2) is 11.3 Å². The van der Waals surface area contributed by atoms with E-state index in [4.69, 9.17) is 4.74 Å². The fraction of sp³-hybridized carbons (Fsp3) is 0.581. The number of aryl methyl sites for hydroxylation is 1. The summed E-state index contributed by atoms with van der Waals surface area (Å²) in [5, 5.41) is 9.59. The number of hydrogen-bond donors (Lipinski definition) is 1. The minimum Gasteiger partial charge on any atom is -0.449 e. The summed E-state index contributed by atoms with van der Waals surface area (Å²) in [6.45, 7) is 11.1. The van der Waals surface area contributed by atoms with E-state index in [9.17, 15) is 9.90 Å². The number of benzene rings is 2. The first-order valence-electron chi connectivity index (χ1n) is 13.7. The van der Waals surface area contributed by atoms with Crippen LogP contribution in [0.2, 0.25) is 0 Å². The maximum Gasteiger partial charge on any atom is 0.511 e. The monoisotopic (exact) mass is 466 g/mol. The predicted octanol–water partition coefficient (Wildman–Crippen LogP) is 9.34. The number of rotatable bonds is 15. The van der Waals surface area contributed by atoms with Crippen LogP contribution in [0.5, 0.6) is 5.75 Å². The second kappa shape index (κ2) is 14.9. The first-order valence-corrected chi connectivity index (χ1v) is 13.7. The molecule has 2 aromatic rings. The Hall–Kier alpha value is -2.29. The van der Waals surface area contributed by atoms with Crippen molar-refractivity contribution in [2.45, 2.75) is 118 Å². The van der Waals surface area contributed by atoms with Crippen molar-refractivity contribution in [2.75, 3.05) is 0 Å². The number of carbonyl (C=O) groups is 1. The Morgan fingerprint density at radius 3 is 1.82 bits per heavy atom. The van der Waals surface area contributed by atoms with E-state index in [-0.39, 0.29) is 0 Å². The maximum absolute atomic E-state index is 11.7. The van der Waals surface area contributed by atoms with Gasteiger partial charge in [-0.25, -0.2) is 4.79 Å². The van der Waals surface area contributed by atoms with Crippen molar-refractivity contribution in [2.24, 2.45) is 0 Å². The van der Waals surface area contributed by atoms with Gasteiger partial charge in [-0.1, -0.05) is 84.9 Å². The molecule has 0 atom stereocenters. The van der Waals surface area contributed by atoms with Gasteiger partial charge in [-0.2, -0.15) is 0 Å². The lowest BCUT2D eigenvalue weighted by atomic mass is 9.82. The minimum atomic E-state index is -1.22. The van der Waals surface area contributed by atoms with Gasteiger partial charge < -0.3 is 9.84 Å². The molecule has 0 amide bonds. The second-order valence-electron chi connectivity index (χ2n) is 9.48. The third-order valence-corrected chi connectivity index (χ3v) is 6.75. The van der Waals surface area contributed by atoms with Gasteiger partial charge in [0.1, 0.15) is 5.75 Å². The minimum absolute atomic E-state index is 0.547. The van der Waals surface area contributed by atoms with Gasteiger partial charge >= 0.3 is 6.16 Å². The van der Waals surface area contributed by atoms with Crippen molar-refractivity contribution in [1.82, 2.24) is 0 Å². The summed E-state index contributed by atoms with van der Waals surface area (Å²) in [5.74, 6) is 0.547. The highest BCUT2D eigenvalue weighted by molar-refractivity contribution is 5.77. The molecule has 0 radical (unpaired) electrons. The van der Waals surface area contributed by atoms with Gasteiger partial charge in [0.2, 0.25) is 0 Å². The summed E-state index contributed by atoms with van der Waals surface area (Å²) in [6.07, 6.45) is 12.6. The maximum atomic E-state index is 11.7. The van der Waals surface area contributed by atoms with Crippen molar-refractivity contribution in [3.8, 4) is 16.9 Å². The van der Waals surface area contributed by atoms with Crippen LogP contribution in [0.4, 0.5) is 4.79 Å². The fourth-order valence-corrected chi connectivity index (χ4v) is 5.08. The summed E-state index contributed by atoms with van der Waals surface area (Å²) in [6, 6.07) is 8.75. The molecule has 0 aliphatic carbocycles. The second-order valence-corrected chi connectivity index (χ2v) is 9.48. The molecule has 188 valence electrons. The molecule has 0 aliphatic heterocycles. The zero-order valence-corrected chi connectivity index (χ0v) is 22.3. The molecule has 1 N–H and O–H groups in total. The van der Waals surface area contributed by atoms with Crippen LogP contribution in [0, 0.1) is 0 Å². The highest BCUT2D eigenvalue weighted by Crippen LogP contribution is 2.40. The van der Waals surface area contributed by atoms with Gasteiger partial charge in [0, 0.05) is 0 Å². The number of ether oxygens (including phenoxy) is 1. The molecule has 0 saturated carbocycles. The first kappa shape index (κ1) is 28.0. The van der Waals surface area contributed by atoms with Crippen LogP contribution < -0.4 is 4.74 Å². The highest BCUT2D eigenvalue weighted by atomic mass is 16.7. The van der Waals surface area contributed by atoms with Crippen LogP contribution in [0.25, 0.3) is 11.1 Å². The Balaban J connectivity index is 2.89. The summed E-state index contributed by atoms with van der Waals surface area (Å²) in [7, 11) is 0. The molecule has 0 spiro atoms. The van der Waals surface area contributed by atoms with Gasteiger partial charge in [-0.05, 0) is 96.4 Å². The van der Waals surface area contributed by atoms with E-state index in [1.54, 1.807) is 0 Å². The number of carboxylic acid groups (broad SMARTS) is 1. The normalized spacial score (nSPS) is 11.1. The van der Waals surface area contributed by atoms with E-state index in [0.717, 1.165) is 89.0 Å². The van der Waals surface area contributed by atoms with E-state index in [1.165, 1.54) is 33.4 Å². The quantitative estimate of drug-likeness (QED) is 0.210. The van der Waals surface area contributed by atoms with Gasteiger partial charge in [0.05, 0.1) is 0 Å². The van der Waals surface area contributed by atoms with Crippen LogP contribution in [-0.2, 0) is 32.1 Å². The van der Waals surface area contributed by atoms with E-state index < -0.39 is 6.16 Å². The van der Waals surface area contributed by atoms with Crippen LogP contribution in [0.15, 0.2) is 24.3 Å². The molecule has 2 aromatic carbocycles. The molecule has 0 bridgehead atoms. The van der Waals surface area contributed by atoms with Gasteiger partial charge in [0.15, 0.2) is 0 Å². The van der Waals surface area contributed by atoms with Gasteiger partial charge in [0.25, 0.3) is 0 Å². The zero-order chi connectivity index (χ0) is 24.9. The average Bonchev–Trinajstić information content (AvgIpc) is 2.82. The predicted molar refractivity (Wildman–Crippen MR) is 144 cm³/mol. The number of hydrogen-bond acceptors (Lipinski definition) is 2. The van der Waals surface area contributed by atoms with Crippen molar-refractivity contribution in [1.29, 1.82) is 0 Å². The molecular formula is C31H46O3. The Morgan fingerprint density at radius 1 is 0.676 bits per heavy atom.